The number of methoxy groups -OCH3 is 1. The third kappa shape index (κ3) is 2.97. The zero-order valence-corrected chi connectivity index (χ0v) is 12.1. The van der Waals surface area contributed by atoms with Crippen molar-refractivity contribution in [3.05, 3.63) is 29.8 Å². The van der Waals surface area contributed by atoms with Crippen LogP contribution in [0.15, 0.2) is 24.3 Å². The van der Waals surface area contributed by atoms with Gasteiger partial charge >= 0.3 is 0 Å². The minimum atomic E-state index is 0.250. The van der Waals surface area contributed by atoms with Crippen molar-refractivity contribution in [2.45, 2.75) is 44.6 Å². The molecule has 0 bridgehead atoms. The highest BCUT2D eigenvalue weighted by atomic mass is 16.5. The number of amides is 1. The Morgan fingerprint density at radius 3 is 2.75 bits per heavy atom. The zero-order chi connectivity index (χ0) is 13.9. The third-order valence-electron chi connectivity index (χ3n) is 4.86. The number of carbonyl (C=O) groups excluding carboxylic acids is 1. The number of hydrogen-bond donors (Lipinski definition) is 1. The Kier molecular flexibility index (Phi) is 3.95. The third-order valence-corrected chi connectivity index (χ3v) is 4.86. The summed E-state index contributed by atoms with van der Waals surface area (Å²) in [6.07, 6.45) is 6.59. The molecule has 1 saturated heterocycles. The van der Waals surface area contributed by atoms with Crippen LogP contribution in [0.25, 0.3) is 0 Å². The van der Waals surface area contributed by atoms with Crippen molar-refractivity contribution in [1.29, 1.82) is 0 Å². The standard InChI is InChI=1S/C17H23NO2/c1-20-15-6-2-12(3-7-15)10-13-4-8-16-14(11-13)5-9-17(19)18-16/h2-3,6-7,13-14,16H,4-5,8-11H2,1H3,(H,18,19). The van der Waals surface area contributed by atoms with Gasteiger partial charge in [0, 0.05) is 12.5 Å². The molecule has 1 amide bonds. The average Bonchev–Trinajstić information content (AvgIpc) is 2.48. The number of piperidine rings is 1. The Bertz CT molecular complexity index is 468. The van der Waals surface area contributed by atoms with Crippen LogP contribution in [-0.4, -0.2) is 19.1 Å². The highest BCUT2D eigenvalue weighted by Gasteiger charge is 2.34. The monoisotopic (exact) mass is 273 g/mol. The molecule has 0 aromatic heterocycles. The highest BCUT2D eigenvalue weighted by molar-refractivity contribution is 5.77. The van der Waals surface area contributed by atoms with Gasteiger partial charge in [0.15, 0.2) is 0 Å². The molecule has 3 nitrogen and oxygen atoms in total. The van der Waals surface area contributed by atoms with Crippen LogP contribution in [0.4, 0.5) is 0 Å². The van der Waals surface area contributed by atoms with E-state index in [9.17, 15) is 4.79 Å². The lowest BCUT2D eigenvalue weighted by atomic mass is 9.72. The normalized spacial score (nSPS) is 29.4. The van der Waals surface area contributed by atoms with Crippen molar-refractivity contribution in [1.82, 2.24) is 5.32 Å². The van der Waals surface area contributed by atoms with E-state index in [-0.39, 0.29) is 5.91 Å². The Morgan fingerprint density at radius 2 is 2.00 bits per heavy atom. The summed E-state index contributed by atoms with van der Waals surface area (Å²) in [6.45, 7) is 0. The van der Waals surface area contributed by atoms with Crippen molar-refractivity contribution in [3.63, 3.8) is 0 Å². The lowest BCUT2D eigenvalue weighted by molar-refractivity contribution is -0.125. The van der Waals surface area contributed by atoms with Gasteiger partial charge in [-0.2, -0.15) is 0 Å². The van der Waals surface area contributed by atoms with Gasteiger partial charge < -0.3 is 10.1 Å². The largest absolute Gasteiger partial charge is 0.497 e. The number of rotatable bonds is 3. The summed E-state index contributed by atoms with van der Waals surface area (Å²) < 4.78 is 5.20. The van der Waals surface area contributed by atoms with Crippen LogP contribution >= 0.6 is 0 Å². The molecule has 1 aliphatic heterocycles. The van der Waals surface area contributed by atoms with Crippen molar-refractivity contribution >= 4 is 5.91 Å². The van der Waals surface area contributed by atoms with E-state index in [0.29, 0.717) is 12.0 Å². The first-order valence-corrected chi connectivity index (χ1v) is 7.67. The Labute approximate surface area is 120 Å². The lowest BCUT2D eigenvalue weighted by Gasteiger charge is -2.39. The predicted octanol–water partition coefficient (Wildman–Crippen LogP) is 2.93. The number of benzene rings is 1. The van der Waals surface area contributed by atoms with Gasteiger partial charge in [0.1, 0.15) is 5.75 Å². The van der Waals surface area contributed by atoms with Gasteiger partial charge in [-0.1, -0.05) is 12.1 Å². The van der Waals surface area contributed by atoms with Crippen molar-refractivity contribution in [2.24, 2.45) is 11.8 Å². The second-order valence-corrected chi connectivity index (χ2v) is 6.20. The average molecular weight is 273 g/mol. The quantitative estimate of drug-likeness (QED) is 0.919. The number of fused-ring (bicyclic) bond motifs is 1. The predicted molar refractivity (Wildman–Crippen MR) is 78.7 cm³/mol. The molecule has 108 valence electrons. The molecule has 3 unspecified atom stereocenters. The lowest BCUT2D eigenvalue weighted by Crippen LogP contribution is -2.47. The maximum absolute atomic E-state index is 11.4. The molecule has 1 aliphatic carbocycles. The molecule has 2 aliphatic rings. The van der Waals surface area contributed by atoms with Gasteiger partial charge in [-0.05, 0) is 61.6 Å². The Hall–Kier alpha value is -1.51. The fourth-order valence-corrected chi connectivity index (χ4v) is 3.75. The van der Waals surface area contributed by atoms with Gasteiger partial charge in [-0.15, -0.1) is 0 Å². The summed E-state index contributed by atoms with van der Waals surface area (Å²) in [5.41, 5.74) is 1.40. The minimum absolute atomic E-state index is 0.250. The first-order chi connectivity index (χ1) is 9.74. The van der Waals surface area contributed by atoms with Crippen LogP contribution in [0, 0.1) is 11.8 Å². The van der Waals surface area contributed by atoms with E-state index in [4.69, 9.17) is 4.74 Å². The number of carbonyl (C=O) groups is 1. The van der Waals surface area contributed by atoms with Crippen LogP contribution in [0.2, 0.25) is 0 Å². The molecule has 3 atom stereocenters. The number of hydrogen-bond acceptors (Lipinski definition) is 2. The summed E-state index contributed by atoms with van der Waals surface area (Å²) in [5, 5.41) is 3.16. The summed E-state index contributed by atoms with van der Waals surface area (Å²) in [4.78, 5) is 11.4. The van der Waals surface area contributed by atoms with E-state index in [0.717, 1.165) is 37.4 Å². The second-order valence-electron chi connectivity index (χ2n) is 6.20. The van der Waals surface area contributed by atoms with Crippen molar-refractivity contribution in [2.75, 3.05) is 7.11 Å². The molecular formula is C17H23NO2. The highest BCUT2D eigenvalue weighted by Crippen LogP contribution is 2.36. The molecule has 2 fully saturated rings. The molecule has 3 rings (SSSR count). The molecule has 3 heteroatoms. The maximum atomic E-state index is 11.4. The van der Waals surface area contributed by atoms with Gasteiger partial charge in [0.2, 0.25) is 5.91 Å². The molecule has 0 radical (unpaired) electrons. The van der Waals surface area contributed by atoms with E-state index in [1.54, 1.807) is 7.11 Å². The van der Waals surface area contributed by atoms with Crippen molar-refractivity contribution in [3.8, 4) is 5.75 Å². The Balaban J connectivity index is 1.57. The fraction of sp³-hybridized carbons (Fsp3) is 0.588. The molecule has 1 saturated carbocycles. The molecule has 1 aromatic rings. The molecule has 1 heterocycles. The smallest absolute Gasteiger partial charge is 0.220 e. The molecule has 1 aromatic carbocycles. The van der Waals surface area contributed by atoms with Gasteiger partial charge in [-0.3, -0.25) is 4.79 Å². The zero-order valence-electron chi connectivity index (χ0n) is 12.1. The Morgan fingerprint density at radius 1 is 1.20 bits per heavy atom. The van der Waals surface area contributed by atoms with Gasteiger partial charge in [0.05, 0.1) is 7.11 Å². The first kappa shape index (κ1) is 13.5. The van der Waals surface area contributed by atoms with Crippen LogP contribution in [-0.2, 0) is 11.2 Å². The topological polar surface area (TPSA) is 38.3 Å². The number of nitrogens with one attached hydrogen (secondary N) is 1. The van der Waals surface area contributed by atoms with Crippen molar-refractivity contribution < 1.29 is 9.53 Å². The van der Waals surface area contributed by atoms with Crippen LogP contribution in [0.5, 0.6) is 5.75 Å². The van der Waals surface area contributed by atoms with E-state index in [1.807, 2.05) is 12.1 Å². The first-order valence-electron chi connectivity index (χ1n) is 7.67. The molecule has 20 heavy (non-hydrogen) atoms. The van der Waals surface area contributed by atoms with E-state index >= 15 is 0 Å². The maximum Gasteiger partial charge on any atom is 0.220 e. The molecular weight excluding hydrogens is 250 g/mol. The summed E-state index contributed by atoms with van der Waals surface area (Å²) in [5.74, 6) is 2.64. The molecule has 1 N–H and O–H groups in total. The van der Waals surface area contributed by atoms with E-state index < -0.39 is 0 Å². The van der Waals surface area contributed by atoms with Crippen LogP contribution in [0.3, 0.4) is 0 Å². The van der Waals surface area contributed by atoms with Crippen LogP contribution in [0.1, 0.15) is 37.7 Å². The molecule has 0 spiro atoms. The second kappa shape index (κ2) is 5.86. The number of ether oxygens (including phenoxy) is 1. The van der Waals surface area contributed by atoms with Crippen LogP contribution < -0.4 is 10.1 Å². The summed E-state index contributed by atoms with van der Waals surface area (Å²) in [6, 6.07) is 8.88. The van der Waals surface area contributed by atoms with Gasteiger partial charge in [-0.25, -0.2) is 0 Å². The SMILES string of the molecule is COc1ccc(CC2CCC3NC(=O)CCC3C2)cc1. The minimum Gasteiger partial charge on any atom is -0.497 e. The van der Waals surface area contributed by atoms with Gasteiger partial charge in [0.25, 0.3) is 0 Å². The summed E-state index contributed by atoms with van der Waals surface area (Å²) >= 11 is 0. The van der Waals surface area contributed by atoms with E-state index in [2.05, 4.69) is 17.4 Å². The van der Waals surface area contributed by atoms with E-state index in [1.165, 1.54) is 18.4 Å². The summed E-state index contributed by atoms with van der Waals surface area (Å²) in [7, 11) is 1.70. The fourth-order valence-electron chi connectivity index (χ4n) is 3.75.